The van der Waals surface area contributed by atoms with E-state index in [2.05, 4.69) is 185 Å². The Morgan fingerprint density at radius 1 is 0.500 bits per heavy atom. The van der Waals surface area contributed by atoms with Gasteiger partial charge in [-0.15, -0.1) is 23.2 Å². The normalized spacial score (nSPS) is 15.9. The number of imidazole rings is 5. The number of ether oxygens (including phenoxy) is 6. The minimum atomic E-state index is -0.925. The van der Waals surface area contributed by atoms with Gasteiger partial charge in [0.1, 0.15) is 0 Å². The molecule has 6 fully saturated rings. The average Bonchev–Trinajstić information content (AvgIpc) is 1.54. The van der Waals surface area contributed by atoms with E-state index in [-0.39, 0.29) is 67.3 Å². The van der Waals surface area contributed by atoms with Crippen LogP contribution in [0, 0.1) is 0 Å². The fraction of sp³-hybridized carbons (Fsp3) is 0.480. The molecule has 6 aliphatic rings. The summed E-state index contributed by atoms with van der Waals surface area (Å²) in [6.07, 6.45) is 11.8. The molecule has 5 aromatic carbocycles. The summed E-state index contributed by atoms with van der Waals surface area (Å²) >= 11 is 9.53. The van der Waals surface area contributed by atoms with Crippen LogP contribution in [0.1, 0.15) is 64.5 Å². The number of aromatic nitrogens is 10. The molecule has 0 spiro atoms. The van der Waals surface area contributed by atoms with Gasteiger partial charge in [0.2, 0.25) is 0 Å². The van der Waals surface area contributed by atoms with Crippen molar-refractivity contribution in [1.29, 1.82) is 0 Å². The number of carboxylic acid groups (broad SMARTS) is 1. The van der Waals surface area contributed by atoms with Gasteiger partial charge in [0, 0.05) is 115 Å². The third kappa shape index (κ3) is 30.9. The zero-order valence-corrected chi connectivity index (χ0v) is 66.3. The third-order valence-corrected chi connectivity index (χ3v) is 16.9. The Labute approximate surface area is 665 Å². The number of amides is 1. The van der Waals surface area contributed by atoms with Gasteiger partial charge in [-0.1, -0.05) is 18.2 Å². The molecule has 16 rings (SSSR count). The molecule has 0 unspecified atom stereocenters. The number of halogens is 2. The van der Waals surface area contributed by atoms with E-state index in [0.29, 0.717) is 31.9 Å². The van der Waals surface area contributed by atoms with Crippen molar-refractivity contribution < 1.29 is 73.0 Å². The molecule has 33 heteroatoms. The molecule has 0 atom stereocenters. The number of H-pyrrole nitrogens is 3. The van der Waals surface area contributed by atoms with Crippen LogP contribution in [0.5, 0.6) is 0 Å². The predicted octanol–water partition coefficient (Wildman–Crippen LogP) is 5.00. The van der Waals surface area contributed by atoms with Crippen molar-refractivity contribution in [3.8, 4) is 0 Å². The first kappa shape index (κ1) is 89.7. The van der Waals surface area contributed by atoms with E-state index in [1.807, 2.05) is 42.8 Å². The van der Waals surface area contributed by atoms with E-state index >= 15 is 0 Å². The Balaban J connectivity index is 0.000000228. The number of morpholine rings is 4. The van der Waals surface area contributed by atoms with Crippen molar-refractivity contribution in [2.75, 3.05) is 180 Å². The Morgan fingerprint density at radius 3 is 1.34 bits per heavy atom. The molecule has 0 aliphatic carbocycles. The number of aromatic amines is 3. The van der Waals surface area contributed by atoms with Crippen LogP contribution in [-0.2, 0) is 71.0 Å². The van der Waals surface area contributed by atoms with E-state index in [4.69, 9.17) is 52.0 Å². The summed E-state index contributed by atoms with van der Waals surface area (Å²) in [5.74, 6) is -1.66. The molecular formula is C75H105AlCl2LiN18O11. The van der Waals surface area contributed by atoms with Crippen molar-refractivity contribution in [3.63, 3.8) is 0 Å². The van der Waals surface area contributed by atoms with E-state index in [9.17, 15) is 19.2 Å². The molecule has 29 nitrogen and oxygen atoms in total. The van der Waals surface area contributed by atoms with E-state index in [1.165, 1.54) is 53.0 Å². The van der Waals surface area contributed by atoms with Gasteiger partial charge < -0.3 is 69.3 Å². The van der Waals surface area contributed by atoms with Gasteiger partial charge >= 0.3 is 36.8 Å². The summed E-state index contributed by atoms with van der Waals surface area (Å²) in [5, 5.41) is 12.0. The fourth-order valence-corrected chi connectivity index (χ4v) is 11.9. The van der Waals surface area contributed by atoms with Crippen LogP contribution in [0.15, 0.2) is 123 Å². The maximum Gasteiger partial charge on any atom is 1.00 e. The Kier molecular flexibility index (Phi) is 40.8. The summed E-state index contributed by atoms with van der Waals surface area (Å²) in [7, 11) is 14.3. The second kappa shape index (κ2) is 49.1. The van der Waals surface area contributed by atoms with Crippen LogP contribution in [0.4, 0.5) is 0 Å². The fourth-order valence-electron chi connectivity index (χ4n) is 11.9. The first-order valence-corrected chi connectivity index (χ1v) is 36.7. The molecule has 6 aliphatic heterocycles. The Hall–Kier alpha value is -7.24. The summed E-state index contributed by atoms with van der Waals surface area (Å²) in [5.41, 5.74) is 14.9. The summed E-state index contributed by atoms with van der Waals surface area (Å²) in [6.45, 7) is 21.5. The van der Waals surface area contributed by atoms with Gasteiger partial charge in [0.15, 0.2) is 0 Å². The number of nitrogens with one attached hydrogen (secondary N) is 4. The van der Waals surface area contributed by atoms with E-state index in [0.717, 1.165) is 176 Å². The molecule has 10 aromatic rings. The van der Waals surface area contributed by atoms with Crippen LogP contribution in [0.25, 0.3) is 55.2 Å². The number of rotatable bonds is 14. The van der Waals surface area contributed by atoms with E-state index in [1.54, 1.807) is 24.8 Å². The number of carboxylic acids is 1. The maximum atomic E-state index is 12.2. The molecule has 579 valence electrons. The second-order valence-electron chi connectivity index (χ2n) is 26.3. The summed E-state index contributed by atoms with van der Waals surface area (Å²) in [4.78, 5) is 88.5. The second-order valence-corrected chi connectivity index (χ2v) is 27.1. The Morgan fingerprint density at radius 2 is 0.907 bits per heavy atom. The topological polar surface area (TPSA) is 300 Å². The Bertz CT molecular complexity index is 4230. The molecule has 5 aromatic heterocycles. The number of cyclic esters (lactones) is 2. The van der Waals surface area contributed by atoms with Gasteiger partial charge in [-0.25, -0.2) is 29.7 Å². The van der Waals surface area contributed by atoms with Crippen molar-refractivity contribution in [1.82, 2.24) is 88.6 Å². The van der Waals surface area contributed by atoms with Crippen molar-refractivity contribution in [3.05, 3.63) is 150 Å². The molecule has 108 heavy (non-hydrogen) atoms. The van der Waals surface area contributed by atoms with Gasteiger partial charge in [-0.05, 0) is 152 Å². The SMILES string of the molecule is C1CCOC1.CN(C)CN(C)C.CN(C)Cn1cnc2cc(CN3CCOCC3)ccc21.CNCn1cnc2ccc(CN3CCOCC3)cc21.ClCCl.O=C(O)c1ccc2nc[nH]c2c1.O=C(c1ccc2nc[nH]c2c1)N1CCOCC1.O=C1CCC(=O)O1.[Al].[H-].[Li+].c1nc2ccc(CN3CCOCC3)cc2[nH]1. The minimum Gasteiger partial charge on any atom is -1.00 e. The monoisotopic (exact) mass is 1540 g/mol. The maximum absolute atomic E-state index is 12.2. The number of hydrogen-bond acceptors (Lipinski definition) is 22. The number of esters is 2. The van der Waals surface area contributed by atoms with Crippen LogP contribution < -0.4 is 24.2 Å². The predicted molar refractivity (Wildman–Crippen MR) is 419 cm³/mol. The number of alkyl halides is 2. The summed E-state index contributed by atoms with van der Waals surface area (Å²) in [6, 6.07) is 29.8. The number of hydrogen-bond donors (Lipinski definition) is 5. The van der Waals surface area contributed by atoms with Crippen molar-refractivity contribution in [2.24, 2.45) is 0 Å². The molecule has 3 radical (unpaired) electrons. The number of aromatic carboxylic acids is 1. The molecule has 6 saturated heterocycles. The molecule has 0 bridgehead atoms. The first-order valence-electron chi connectivity index (χ1n) is 35.6. The zero-order chi connectivity index (χ0) is 75.4. The van der Waals surface area contributed by atoms with Crippen molar-refractivity contribution >= 4 is 120 Å². The largest absolute Gasteiger partial charge is 1.00 e. The zero-order valence-electron chi connectivity index (χ0n) is 64.7. The number of carbonyl (C=O) groups excluding carboxylic acids is 3. The van der Waals surface area contributed by atoms with Crippen LogP contribution in [0.2, 0.25) is 0 Å². The quantitative estimate of drug-likeness (QED) is 0.0315. The van der Waals surface area contributed by atoms with Gasteiger partial charge in [0.05, 0.1) is 177 Å². The number of benzene rings is 5. The van der Waals surface area contributed by atoms with Gasteiger partial charge in [-0.2, -0.15) is 0 Å². The molecule has 5 N–H and O–H groups in total. The van der Waals surface area contributed by atoms with Crippen LogP contribution in [0.3, 0.4) is 0 Å². The van der Waals surface area contributed by atoms with E-state index < -0.39 is 17.9 Å². The number of carbonyl (C=O) groups is 4. The van der Waals surface area contributed by atoms with Crippen LogP contribution in [-0.4, -0.2) is 309 Å². The minimum absolute atomic E-state index is 0. The molecule has 1 amide bonds. The average molecular weight is 1540 g/mol. The third-order valence-electron chi connectivity index (χ3n) is 16.9. The molecule has 0 saturated carbocycles. The number of nitrogens with zero attached hydrogens (tertiary/aromatic N) is 14. The van der Waals surface area contributed by atoms with Crippen molar-refractivity contribution in [2.45, 2.75) is 58.7 Å². The van der Waals surface area contributed by atoms with Crippen LogP contribution >= 0.6 is 23.2 Å². The number of fused-ring (bicyclic) bond motifs is 5. The smallest absolute Gasteiger partial charge is 1.00 e. The standard InChI is InChI=1S/C15H22N4O.C14H20N4O.C12H13N3O2.C12H15N3O.C8H6N2O2.C5H14N2.C4H4O3.C4H8O.CH2Cl2.Al.Li.H/c1-17(2)12-19-11-16-14-9-13(3-4-15(14)19)10-18-5-7-20-8-6-18;1-15-10-18-11-16-13-3-2-12(8-14(13)18)9-17-4-6-19-7-5-17;16-12(15-3-5-17-6-4-15)9-1-2-10-11(7-9)14-8-13-10;1-2-11-12(14-9-13-11)7-10(1)8-15-3-5-16-6-4-15;11-8(12)5-1-2-6-7(3-5)10-4-9-6;1-6(2)5-7(3)4;5-3-1-2-4(6)7-3;1-2-4-5-3-1;2-1-3;;;/h3-4,9,11H,5-8,10,12H2,1-2H3;2-3,8,11,15H,4-7,9-10H2,1H3;1-2,7-8H,3-6H2,(H,13,14);1-2,7,9H,3-6,8H2,(H,13,14);1-4H,(H,9,10)(H,11,12);5H2,1-4H3;1-2H2;1-4H2;1H2;;;/q;;;;;;;;;;+1;-1. The molecular weight excluding hydrogens is 1430 g/mol. The molecule has 11 heterocycles. The van der Waals surface area contributed by atoms with Gasteiger partial charge in [-0.3, -0.25) is 43.8 Å². The summed E-state index contributed by atoms with van der Waals surface area (Å²) < 4.78 is 34.7. The first-order chi connectivity index (χ1) is 51.4. The van der Waals surface area contributed by atoms with Gasteiger partial charge in [0.25, 0.3) is 5.91 Å².